The topological polar surface area (TPSA) is 29.1 Å². The summed E-state index contributed by atoms with van der Waals surface area (Å²) in [5, 5.41) is 3.71. The molecule has 4 heteroatoms. The molecule has 1 N–H and O–H groups in total. The highest BCUT2D eigenvalue weighted by Gasteiger charge is 2.23. The van der Waals surface area contributed by atoms with E-state index in [1.54, 1.807) is 6.07 Å². The molecule has 1 aromatic rings. The first-order valence-electron chi connectivity index (χ1n) is 5.82. The van der Waals surface area contributed by atoms with Gasteiger partial charge in [0.15, 0.2) is 0 Å². The fraction of sp³-hybridized carbons (Fsp3) is 0.462. The fourth-order valence-electron chi connectivity index (χ4n) is 2.24. The maximum atomic E-state index is 12.0. The highest BCUT2D eigenvalue weighted by Crippen LogP contribution is 2.25. The van der Waals surface area contributed by atoms with Gasteiger partial charge in [0.25, 0.3) is 5.91 Å². The lowest BCUT2D eigenvalue weighted by atomic mass is 10.1. The van der Waals surface area contributed by atoms with Crippen molar-refractivity contribution in [3.05, 3.63) is 32.4 Å². The number of carbonyl (C=O) groups is 1. The van der Waals surface area contributed by atoms with E-state index in [0.29, 0.717) is 16.6 Å². The molecule has 1 aliphatic carbocycles. The van der Waals surface area contributed by atoms with Crippen LogP contribution in [0.1, 0.15) is 36.5 Å². The maximum Gasteiger partial charge on any atom is 0.251 e. The summed E-state index contributed by atoms with van der Waals surface area (Å²) in [6.45, 7) is 2.23. The first-order valence-corrected chi connectivity index (χ1v) is 7.28. The Hall–Kier alpha value is -0.290. The summed E-state index contributed by atoms with van der Waals surface area (Å²) in [4.78, 5) is 12.0. The van der Waals surface area contributed by atoms with E-state index in [9.17, 15) is 4.79 Å². The fourth-order valence-corrected chi connectivity index (χ4v) is 2.76. The number of rotatable bonds is 2. The molecule has 1 fully saturated rings. The minimum Gasteiger partial charge on any atom is -0.349 e. The van der Waals surface area contributed by atoms with Crippen molar-refractivity contribution < 1.29 is 4.79 Å². The molecule has 2 atom stereocenters. The molecule has 0 bridgehead atoms. The Balaban J connectivity index is 2.02. The number of carbonyl (C=O) groups excluding carboxylic acids is 1. The van der Waals surface area contributed by atoms with Gasteiger partial charge in [-0.1, -0.05) is 18.5 Å². The molecule has 0 heterocycles. The van der Waals surface area contributed by atoms with Crippen LogP contribution in [-0.2, 0) is 0 Å². The Morgan fingerprint density at radius 3 is 2.82 bits per heavy atom. The Morgan fingerprint density at radius 1 is 1.47 bits per heavy atom. The number of amides is 1. The van der Waals surface area contributed by atoms with Crippen molar-refractivity contribution in [3.63, 3.8) is 0 Å². The third-order valence-electron chi connectivity index (χ3n) is 3.21. The number of hydrogen-bond donors (Lipinski definition) is 1. The lowest BCUT2D eigenvalue weighted by molar-refractivity contribution is 0.0937. The monoisotopic (exact) mass is 363 g/mol. The van der Waals surface area contributed by atoms with Crippen molar-refractivity contribution >= 4 is 40.1 Å². The van der Waals surface area contributed by atoms with Crippen LogP contribution in [0.5, 0.6) is 0 Å². The van der Waals surface area contributed by atoms with Gasteiger partial charge in [-0.15, -0.1) is 0 Å². The highest BCUT2D eigenvalue weighted by atomic mass is 127. The molecular weight excluding hydrogens is 349 g/mol. The molecular formula is C13H15ClINO. The summed E-state index contributed by atoms with van der Waals surface area (Å²) < 4.78 is 0.968. The lowest BCUT2D eigenvalue weighted by Gasteiger charge is -2.12. The summed E-state index contributed by atoms with van der Waals surface area (Å²) in [6, 6.07) is 5.75. The van der Waals surface area contributed by atoms with E-state index in [2.05, 4.69) is 34.8 Å². The van der Waals surface area contributed by atoms with Crippen molar-refractivity contribution in [3.8, 4) is 0 Å². The quantitative estimate of drug-likeness (QED) is 0.794. The lowest BCUT2D eigenvalue weighted by Crippen LogP contribution is -2.32. The zero-order valence-corrected chi connectivity index (χ0v) is 12.6. The molecule has 0 saturated heterocycles. The predicted octanol–water partition coefficient (Wildman–Crippen LogP) is 3.86. The normalized spacial score (nSPS) is 23.7. The summed E-state index contributed by atoms with van der Waals surface area (Å²) in [6.07, 6.45) is 3.38. The highest BCUT2D eigenvalue weighted by molar-refractivity contribution is 14.1. The van der Waals surface area contributed by atoms with Crippen LogP contribution in [0.3, 0.4) is 0 Å². The van der Waals surface area contributed by atoms with E-state index < -0.39 is 0 Å². The Kier molecular flexibility index (Phi) is 4.31. The molecule has 0 aromatic heterocycles. The van der Waals surface area contributed by atoms with Gasteiger partial charge in [-0.05, 0) is 66.0 Å². The summed E-state index contributed by atoms with van der Waals surface area (Å²) >= 11 is 8.16. The predicted molar refractivity (Wildman–Crippen MR) is 78.4 cm³/mol. The molecule has 0 aliphatic heterocycles. The average Bonchev–Trinajstić information content (AvgIpc) is 2.68. The smallest absolute Gasteiger partial charge is 0.251 e. The SMILES string of the molecule is CC1CCC(NC(=O)c2ccc(I)c(Cl)c2)C1. The van der Waals surface area contributed by atoms with Crippen molar-refractivity contribution in [2.24, 2.45) is 5.92 Å². The first kappa shape index (κ1) is 13.1. The van der Waals surface area contributed by atoms with Crippen LogP contribution < -0.4 is 5.32 Å². The molecule has 2 nitrogen and oxygen atoms in total. The summed E-state index contributed by atoms with van der Waals surface area (Å²) in [7, 11) is 0. The van der Waals surface area contributed by atoms with Crippen LogP contribution in [0.2, 0.25) is 5.02 Å². The zero-order valence-electron chi connectivity index (χ0n) is 9.67. The van der Waals surface area contributed by atoms with E-state index in [0.717, 1.165) is 22.3 Å². The largest absolute Gasteiger partial charge is 0.349 e. The van der Waals surface area contributed by atoms with Crippen molar-refractivity contribution in [2.75, 3.05) is 0 Å². The molecule has 17 heavy (non-hydrogen) atoms. The maximum absolute atomic E-state index is 12.0. The minimum atomic E-state index is -0.0117. The van der Waals surface area contributed by atoms with Crippen LogP contribution in [0, 0.1) is 9.49 Å². The third-order valence-corrected chi connectivity index (χ3v) is 4.78. The van der Waals surface area contributed by atoms with Crippen LogP contribution in [0.15, 0.2) is 18.2 Å². The Bertz CT molecular complexity index is 435. The van der Waals surface area contributed by atoms with E-state index >= 15 is 0 Å². The third kappa shape index (κ3) is 3.35. The molecule has 0 radical (unpaired) electrons. The summed E-state index contributed by atoms with van der Waals surface area (Å²) in [5.41, 5.74) is 0.648. The van der Waals surface area contributed by atoms with Gasteiger partial charge in [-0.2, -0.15) is 0 Å². The molecule has 92 valence electrons. The number of hydrogen-bond acceptors (Lipinski definition) is 1. The van der Waals surface area contributed by atoms with Crippen molar-refractivity contribution in [1.82, 2.24) is 5.32 Å². The van der Waals surface area contributed by atoms with Gasteiger partial charge in [-0.3, -0.25) is 4.79 Å². The van der Waals surface area contributed by atoms with Crippen LogP contribution in [-0.4, -0.2) is 11.9 Å². The van der Waals surface area contributed by atoms with Gasteiger partial charge in [0.2, 0.25) is 0 Å². The second-order valence-electron chi connectivity index (χ2n) is 4.72. The molecule has 2 rings (SSSR count). The molecule has 1 aromatic carbocycles. The van der Waals surface area contributed by atoms with Gasteiger partial charge < -0.3 is 5.32 Å². The first-order chi connectivity index (χ1) is 8.06. The molecule has 1 aliphatic rings. The minimum absolute atomic E-state index is 0.0117. The van der Waals surface area contributed by atoms with Gasteiger partial charge in [0.05, 0.1) is 5.02 Å². The van der Waals surface area contributed by atoms with Crippen LogP contribution in [0.4, 0.5) is 0 Å². The second-order valence-corrected chi connectivity index (χ2v) is 6.29. The van der Waals surface area contributed by atoms with Gasteiger partial charge in [0.1, 0.15) is 0 Å². The second kappa shape index (κ2) is 5.57. The standard InChI is InChI=1S/C13H15ClINO/c1-8-2-4-10(6-8)16-13(17)9-3-5-12(15)11(14)7-9/h3,5,7-8,10H,2,4,6H2,1H3,(H,16,17). The van der Waals surface area contributed by atoms with E-state index in [-0.39, 0.29) is 5.91 Å². The summed E-state index contributed by atoms with van der Waals surface area (Å²) in [5.74, 6) is 0.711. The van der Waals surface area contributed by atoms with Gasteiger partial charge in [0, 0.05) is 15.2 Å². The molecule has 1 saturated carbocycles. The zero-order chi connectivity index (χ0) is 12.4. The van der Waals surface area contributed by atoms with Crippen LogP contribution >= 0.6 is 34.2 Å². The van der Waals surface area contributed by atoms with E-state index in [1.165, 1.54) is 6.42 Å². The van der Waals surface area contributed by atoms with E-state index in [1.807, 2.05) is 12.1 Å². The van der Waals surface area contributed by atoms with Gasteiger partial charge in [-0.25, -0.2) is 0 Å². The number of halogens is 2. The van der Waals surface area contributed by atoms with Crippen LogP contribution in [0.25, 0.3) is 0 Å². The van der Waals surface area contributed by atoms with Gasteiger partial charge >= 0.3 is 0 Å². The van der Waals surface area contributed by atoms with E-state index in [4.69, 9.17) is 11.6 Å². The molecule has 2 unspecified atom stereocenters. The Labute approximate surface area is 120 Å². The van der Waals surface area contributed by atoms with Crippen molar-refractivity contribution in [2.45, 2.75) is 32.2 Å². The average molecular weight is 364 g/mol. The van der Waals surface area contributed by atoms with Crippen molar-refractivity contribution in [1.29, 1.82) is 0 Å². The number of nitrogens with one attached hydrogen (secondary N) is 1. The Morgan fingerprint density at radius 2 is 2.24 bits per heavy atom. The molecule has 1 amide bonds. The molecule has 0 spiro atoms. The number of benzene rings is 1.